The summed E-state index contributed by atoms with van der Waals surface area (Å²) in [6, 6.07) is 0. The molecule has 0 rings (SSSR count). The van der Waals surface area contributed by atoms with Crippen LogP contribution in [0.1, 0.15) is 136 Å². The number of hydrogen-bond acceptors (Lipinski definition) is 0. The van der Waals surface area contributed by atoms with Crippen LogP contribution in [-0.2, 0) is 20.4 Å². The Kier molecular flexibility index (Phi) is 29.4. The monoisotopic (exact) mass is 476 g/mol. The van der Waals surface area contributed by atoms with E-state index in [0.717, 1.165) is 0 Å². The van der Waals surface area contributed by atoms with Crippen molar-refractivity contribution in [3.8, 4) is 0 Å². The summed E-state index contributed by atoms with van der Waals surface area (Å²) in [5, 5.41) is 0. The summed E-state index contributed by atoms with van der Waals surface area (Å²) >= 11 is 0. The molecule has 0 radical (unpaired) electrons. The fraction of sp³-hybridized carbons (Fsp3) is 1.00. The molecular weight excluding hydrogens is 426 g/mol. The molecule has 0 aromatic rings. The Hall–Kier alpha value is 1.09. The molecule has 0 aromatic heterocycles. The minimum absolute atomic E-state index is 0. The van der Waals surface area contributed by atoms with Gasteiger partial charge in [0.1, 0.15) is 0 Å². The van der Waals surface area contributed by atoms with Crippen molar-refractivity contribution >= 4 is 7.92 Å². The van der Waals surface area contributed by atoms with Gasteiger partial charge in [-0.15, -0.1) is 7.92 Å². The van der Waals surface area contributed by atoms with E-state index in [0.29, 0.717) is 7.92 Å². The van der Waals surface area contributed by atoms with Crippen LogP contribution in [-0.4, -0.2) is 18.5 Å². The van der Waals surface area contributed by atoms with Crippen LogP contribution in [0, 0.1) is 0 Å². The summed E-state index contributed by atoms with van der Waals surface area (Å²) < 4.78 is 0. The normalized spacial score (nSPS) is 11.1. The Balaban J connectivity index is 0. The largest absolute Gasteiger partial charge is 0.107 e. The maximum Gasteiger partial charge on any atom is 0 e. The third-order valence-electron chi connectivity index (χ3n) is 5.48. The molecule has 0 bridgehead atoms. The molecule has 0 spiro atoms. The smallest absolute Gasteiger partial charge is 0 e. The molecule has 0 unspecified atom stereocenters. The molecule has 0 aliphatic carbocycles. The predicted octanol–water partition coefficient (Wildman–Crippen LogP) is 9.55. The van der Waals surface area contributed by atoms with E-state index in [1.165, 1.54) is 116 Å². The van der Waals surface area contributed by atoms with Gasteiger partial charge in [-0.2, -0.15) is 0 Å². The second-order valence-electron chi connectivity index (χ2n) is 8.14. The van der Waals surface area contributed by atoms with Gasteiger partial charge >= 0.3 is 0 Å². The number of unbranched alkanes of at least 4 members (excludes halogenated alkanes) is 15. The van der Waals surface area contributed by atoms with Crippen LogP contribution in [0.15, 0.2) is 0 Å². The summed E-state index contributed by atoms with van der Waals surface area (Å²) in [5.41, 5.74) is 0. The fourth-order valence-electron chi connectivity index (χ4n) is 3.68. The van der Waals surface area contributed by atoms with Gasteiger partial charge in [-0.3, -0.25) is 0 Å². The SMILES string of the molecule is CCCCCCCCP(CCCCCCCC)CCCCCCCC.[Pd]. The molecule has 0 amide bonds. The summed E-state index contributed by atoms with van der Waals surface area (Å²) in [6.45, 7) is 6.96. The zero-order valence-electron chi connectivity index (χ0n) is 18.6. The van der Waals surface area contributed by atoms with Gasteiger partial charge in [0.15, 0.2) is 0 Å². The Morgan fingerprint density at radius 3 is 0.846 bits per heavy atom. The summed E-state index contributed by atoms with van der Waals surface area (Å²) in [6.07, 6.45) is 31.2. The molecule has 0 N–H and O–H groups in total. The quantitative estimate of drug-likeness (QED) is 0.0878. The molecule has 26 heavy (non-hydrogen) atoms. The maximum atomic E-state index is 2.32. The van der Waals surface area contributed by atoms with E-state index in [1.807, 2.05) is 0 Å². The van der Waals surface area contributed by atoms with Gasteiger partial charge in [0, 0.05) is 20.4 Å². The van der Waals surface area contributed by atoms with Gasteiger partial charge in [0.2, 0.25) is 0 Å². The van der Waals surface area contributed by atoms with Crippen molar-refractivity contribution < 1.29 is 20.4 Å². The van der Waals surface area contributed by atoms with Crippen LogP contribution in [0.3, 0.4) is 0 Å². The topological polar surface area (TPSA) is 0 Å². The van der Waals surface area contributed by atoms with Crippen molar-refractivity contribution in [2.24, 2.45) is 0 Å². The van der Waals surface area contributed by atoms with Crippen molar-refractivity contribution in [2.45, 2.75) is 136 Å². The van der Waals surface area contributed by atoms with E-state index in [-0.39, 0.29) is 20.4 Å². The number of rotatable bonds is 21. The molecule has 0 saturated carbocycles. The van der Waals surface area contributed by atoms with Crippen LogP contribution in [0.2, 0.25) is 0 Å². The average molecular weight is 477 g/mol. The molecular formula is C24H51PPd. The van der Waals surface area contributed by atoms with E-state index in [1.54, 1.807) is 18.5 Å². The minimum atomic E-state index is 0. The molecule has 0 atom stereocenters. The van der Waals surface area contributed by atoms with Gasteiger partial charge in [-0.25, -0.2) is 0 Å². The first-order valence-electron chi connectivity index (χ1n) is 12.1. The molecule has 0 aromatic carbocycles. The second-order valence-corrected chi connectivity index (χ2v) is 10.8. The summed E-state index contributed by atoms with van der Waals surface area (Å²) in [4.78, 5) is 0. The first kappa shape index (κ1) is 29.3. The molecule has 0 nitrogen and oxygen atoms in total. The third kappa shape index (κ3) is 23.1. The predicted molar refractivity (Wildman–Crippen MR) is 122 cm³/mol. The van der Waals surface area contributed by atoms with Crippen LogP contribution < -0.4 is 0 Å². The van der Waals surface area contributed by atoms with Gasteiger partial charge in [-0.05, 0) is 37.7 Å². The van der Waals surface area contributed by atoms with Crippen LogP contribution in [0.25, 0.3) is 0 Å². The zero-order valence-corrected chi connectivity index (χ0v) is 21.1. The Morgan fingerprint density at radius 2 is 0.577 bits per heavy atom. The summed E-state index contributed by atoms with van der Waals surface area (Å²) in [7, 11) is 0.366. The first-order valence-corrected chi connectivity index (χ1v) is 14.0. The second kappa shape index (κ2) is 26.1. The van der Waals surface area contributed by atoms with Gasteiger partial charge in [0.25, 0.3) is 0 Å². The Bertz CT molecular complexity index is 194. The Labute approximate surface area is 182 Å². The fourth-order valence-corrected chi connectivity index (χ4v) is 6.37. The maximum absolute atomic E-state index is 2.32. The minimum Gasteiger partial charge on any atom is -0.107 e. The number of hydrogen-bond donors (Lipinski definition) is 0. The van der Waals surface area contributed by atoms with E-state index in [2.05, 4.69) is 20.8 Å². The summed E-state index contributed by atoms with van der Waals surface area (Å²) in [5.74, 6) is 0. The molecule has 2 heteroatoms. The van der Waals surface area contributed by atoms with E-state index >= 15 is 0 Å². The van der Waals surface area contributed by atoms with E-state index in [9.17, 15) is 0 Å². The zero-order chi connectivity index (χ0) is 18.4. The van der Waals surface area contributed by atoms with Crippen LogP contribution in [0.5, 0.6) is 0 Å². The van der Waals surface area contributed by atoms with Crippen molar-refractivity contribution in [2.75, 3.05) is 18.5 Å². The molecule has 162 valence electrons. The molecule has 0 fully saturated rings. The van der Waals surface area contributed by atoms with Crippen molar-refractivity contribution in [1.82, 2.24) is 0 Å². The molecule has 0 aliphatic rings. The third-order valence-corrected chi connectivity index (χ3v) is 8.33. The van der Waals surface area contributed by atoms with Crippen LogP contribution in [0.4, 0.5) is 0 Å². The Morgan fingerprint density at radius 1 is 0.346 bits per heavy atom. The molecule has 0 heterocycles. The molecule has 0 aliphatic heterocycles. The average Bonchev–Trinajstić information content (AvgIpc) is 2.63. The van der Waals surface area contributed by atoms with Crippen LogP contribution >= 0.6 is 7.92 Å². The standard InChI is InChI=1S/C24H51P.Pd/c1-4-7-10-13-16-19-22-25(23-20-17-14-11-8-5-2)24-21-18-15-12-9-6-3;/h4-24H2,1-3H3;. The van der Waals surface area contributed by atoms with Gasteiger partial charge in [-0.1, -0.05) is 117 Å². The van der Waals surface area contributed by atoms with Crippen molar-refractivity contribution in [3.63, 3.8) is 0 Å². The van der Waals surface area contributed by atoms with E-state index in [4.69, 9.17) is 0 Å². The van der Waals surface area contributed by atoms with E-state index < -0.39 is 0 Å². The van der Waals surface area contributed by atoms with Crippen molar-refractivity contribution in [1.29, 1.82) is 0 Å². The van der Waals surface area contributed by atoms with Crippen molar-refractivity contribution in [3.05, 3.63) is 0 Å². The van der Waals surface area contributed by atoms with Gasteiger partial charge in [0.05, 0.1) is 0 Å². The molecule has 0 saturated heterocycles. The first-order chi connectivity index (χ1) is 12.3. The van der Waals surface area contributed by atoms with Gasteiger partial charge < -0.3 is 0 Å².